The minimum Gasteiger partial charge on any atom is -0.508 e. The number of rotatable bonds is 9. The second kappa shape index (κ2) is 12.0. The van der Waals surface area contributed by atoms with Crippen LogP contribution in [-0.4, -0.2) is 50.6 Å². The highest BCUT2D eigenvalue weighted by atomic mass is 16.6. The summed E-state index contributed by atoms with van der Waals surface area (Å²) in [7, 11) is 0. The average Bonchev–Trinajstić information content (AvgIpc) is 2.67. The zero-order valence-electron chi connectivity index (χ0n) is 24.0. The lowest BCUT2D eigenvalue weighted by Crippen LogP contribution is -2.60. The lowest BCUT2D eigenvalue weighted by molar-refractivity contribution is -0.150. The maximum absolute atomic E-state index is 14.3. The highest BCUT2D eigenvalue weighted by molar-refractivity contribution is 5.93. The molecule has 2 unspecified atom stereocenters. The monoisotopic (exact) mass is 505 g/mol. The maximum atomic E-state index is 14.3. The number of benzene rings is 1. The van der Waals surface area contributed by atoms with Gasteiger partial charge in [-0.15, -0.1) is 0 Å². The number of carbonyl (C=O) groups excluding carboxylic acids is 3. The summed E-state index contributed by atoms with van der Waals surface area (Å²) in [6.07, 6.45) is 0.225. The molecule has 1 rings (SSSR count). The van der Waals surface area contributed by atoms with Gasteiger partial charge < -0.3 is 25.4 Å². The van der Waals surface area contributed by atoms with Gasteiger partial charge in [-0.1, -0.05) is 32.9 Å². The van der Waals surface area contributed by atoms with E-state index in [4.69, 9.17) is 4.74 Å². The van der Waals surface area contributed by atoms with Crippen LogP contribution in [0.4, 0.5) is 4.79 Å². The third kappa shape index (κ3) is 9.70. The van der Waals surface area contributed by atoms with E-state index in [0.29, 0.717) is 18.4 Å². The summed E-state index contributed by atoms with van der Waals surface area (Å²) >= 11 is 0. The van der Waals surface area contributed by atoms with Crippen molar-refractivity contribution in [3.63, 3.8) is 0 Å². The SMILES string of the molecule is CCC(C)(C)N(C(=O)C(CC(C)C)NC(=O)OC(C)(C)C)C(C(=O)NC(C)(C)C)c1cccc(O)c1. The van der Waals surface area contributed by atoms with Crippen molar-refractivity contribution in [2.24, 2.45) is 5.92 Å². The molecule has 0 saturated heterocycles. The van der Waals surface area contributed by atoms with Crippen molar-refractivity contribution in [1.29, 1.82) is 0 Å². The van der Waals surface area contributed by atoms with E-state index in [1.54, 1.807) is 37.8 Å². The third-order valence-electron chi connectivity index (χ3n) is 5.64. The molecule has 0 aliphatic rings. The lowest BCUT2D eigenvalue weighted by atomic mass is 9.90. The molecule has 2 atom stereocenters. The maximum Gasteiger partial charge on any atom is 0.408 e. The molecule has 3 amide bonds. The van der Waals surface area contributed by atoms with Crippen molar-refractivity contribution in [3.8, 4) is 5.75 Å². The number of ether oxygens (including phenoxy) is 1. The smallest absolute Gasteiger partial charge is 0.408 e. The number of nitrogens with one attached hydrogen (secondary N) is 2. The largest absolute Gasteiger partial charge is 0.508 e. The highest BCUT2D eigenvalue weighted by Crippen LogP contribution is 2.34. The van der Waals surface area contributed by atoms with Crippen molar-refractivity contribution < 1.29 is 24.2 Å². The van der Waals surface area contributed by atoms with Gasteiger partial charge >= 0.3 is 6.09 Å². The molecule has 0 radical (unpaired) electrons. The summed E-state index contributed by atoms with van der Waals surface area (Å²) in [6.45, 7) is 20.5. The van der Waals surface area contributed by atoms with E-state index >= 15 is 0 Å². The summed E-state index contributed by atoms with van der Waals surface area (Å²) in [5.41, 5.74) is -1.56. The Hall–Kier alpha value is -2.77. The summed E-state index contributed by atoms with van der Waals surface area (Å²) in [5, 5.41) is 15.9. The molecule has 0 bridgehead atoms. The number of hydrogen-bond acceptors (Lipinski definition) is 5. The Kier molecular flexibility index (Phi) is 10.4. The summed E-state index contributed by atoms with van der Waals surface area (Å²) in [4.78, 5) is 42.2. The first-order valence-electron chi connectivity index (χ1n) is 12.7. The van der Waals surface area contributed by atoms with Crippen LogP contribution in [-0.2, 0) is 14.3 Å². The molecule has 0 heterocycles. The molecule has 0 spiro atoms. The molecule has 3 N–H and O–H groups in total. The van der Waals surface area contributed by atoms with Crippen LogP contribution in [0.15, 0.2) is 24.3 Å². The number of aromatic hydroxyl groups is 1. The Labute approximate surface area is 217 Å². The molecule has 0 aromatic heterocycles. The molecule has 8 heteroatoms. The van der Waals surface area contributed by atoms with Crippen LogP contribution in [0.25, 0.3) is 0 Å². The number of amides is 3. The Morgan fingerprint density at radius 1 is 1.03 bits per heavy atom. The molecular formula is C28H47N3O5. The summed E-state index contributed by atoms with van der Waals surface area (Å²) in [6, 6.07) is 4.44. The Bertz CT molecular complexity index is 912. The minimum absolute atomic E-state index is 0.00614. The van der Waals surface area contributed by atoms with E-state index < -0.39 is 34.9 Å². The fraction of sp³-hybridized carbons (Fsp3) is 0.679. The zero-order chi connectivity index (χ0) is 28.1. The van der Waals surface area contributed by atoms with E-state index in [2.05, 4.69) is 10.6 Å². The first-order chi connectivity index (χ1) is 16.3. The number of alkyl carbamates (subject to hydrolysis) is 1. The molecule has 204 valence electrons. The van der Waals surface area contributed by atoms with Crippen LogP contribution in [0.2, 0.25) is 0 Å². The van der Waals surface area contributed by atoms with Gasteiger partial charge in [0.05, 0.1) is 0 Å². The number of phenolic OH excluding ortho intramolecular Hbond substituents is 1. The van der Waals surface area contributed by atoms with Crippen LogP contribution in [0.5, 0.6) is 5.75 Å². The number of carbonyl (C=O) groups is 3. The van der Waals surface area contributed by atoms with Crippen molar-refractivity contribution in [3.05, 3.63) is 29.8 Å². The Morgan fingerprint density at radius 3 is 2.06 bits per heavy atom. The van der Waals surface area contributed by atoms with Gasteiger partial charge in [-0.25, -0.2) is 4.79 Å². The van der Waals surface area contributed by atoms with Crippen LogP contribution in [0.3, 0.4) is 0 Å². The van der Waals surface area contributed by atoms with Gasteiger partial charge in [-0.2, -0.15) is 0 Å². The zero-order valence-corrected chi connectivity index (χ0v) is 24.0. The highest BCUT2D eigenvalue weighted by Gasteiger charge is 2.43. The standard InChI is InChI=1S/C28H47N3O5/c1-12-28(10,11)31(24(34)21(16-18(2)3)29-25(35)36-27(7,8)9)22(23(33)30-26(4,5)6)19-14-13-15-20(32)17-19/h13-15,17-18,21-22,32H,12,16H2,1-11H3,(H,29,35)(H,30,33). The first-order valence-corrected chi connectivity index (χ1v) is 12.7. The Balaban J connectivity index is 3.67. The van der Waals surface area contributed by atoms with Crippen LogP contribution in [0.1, 0.15) is 101 Å². The average molecular weight is 506 g/mol. The van der Waals surface area contributed by atoms with Crippen molar-refractivity contribution in [1.82, 2.24) is 15.5 Å². The molecule has 0 aliphatic heterocycles. The third-order valence-corrected chi connectivity index (χ3v) is 5.64. The van der Waals surface area contributed by atoms with Gasteiger partial charge in [0.1, 0.15) is 23.4 Å². The topological polar surface area (TPSA) is 108 Å². The number of hydrogen-bond donors (Lipinski definition) is 3. The molecule has 8 nitrogen and oxygen atoms in total. The van der Waals surface area contributed by atoms with Gasteiger partial charge in [0, 0.05) is 11.1 Å². The molecule has 36 heavy (non-hydrogen) atoms. The minimum atomic E-state index is -1.03. The van der Waals surface area contributed by atoms with Crippen molar-refractivity contribution >= 4 is 17.9 Å². The second-order valence-electron chi connectivity index (χ2n) is 12.4. The second-order valence-corrected chi connectivity index (χ2v) is 12.4. The molecule has 1 aromatic rings. The normalized spacial score (nSPS) is 14.1. The quantitative estimate of drug-likeness (QED) is 0.422. The van der Waals surface area contributed by atoms with Gasteiger partial charge in [-0.3, -0.25) is 9.59 Å². The van der Waals surface area contributed by atoms with E-state index in [1.165, 1.54) is 12.1 Å². The van der Waals surface area contributed by atoms with Gasteiger partial charge in [0.15, 0.2) is 0 Å². The number of nitrogens with zero attached hydrogens (tertiary/aromatic N) is 1. The van der Waals surface area contributed by atoms with E-state index in [1.807, 2.05) is 55.4 Å². The molecule has 0 aliphatic carbocycles. The van der Waals surface area contributed by atoms with Crippen LogP contribution < -0.4 is 10.6 Å². The van der Waals surface area contributed by atoms with E-state index in [0.717, 1.165) is 0 Å². The van der Waals surface area contributed by atoms with E-state index in [-0.39, 0.29) is 23.5 Å². The lowest BCUT2D eigenvalue weighted by Gasteiger charge is -2.45. The fourth-order valence-corrected chi connectivity index (χ4v) is 3.81. The van der Waals surface area contributed by atoms with Crippen molar-refractivity contribution in [2.75, 3.05) is 0 Å². The van der Waals surface area contributed by atoms with Crippen LogP contribution in [0, 0.1) is 5.92 Å². The van der Waals surface area contributed by atoms with Gasteiger partial charge in [0.2, 0.25) is 11.8 Å². The summed E-state index contributed by atoms with van der Waals surface area (Å²) in [5.74, 6) is -0.682. The molecule has 1 aromatic carbocycles. The molecular weight excluding hydrogens is 458 g/mol. The first kappa shape index (κ1) is 31.3. The van der Waals surface area contributed by atoms with Gasteiger partial charge in [-0.05, 0) is 91.8 Å². The fourth-order valence-electron chi connectivity index (χ4n) is 3.81. The van der Waals surface area contributed by atoms with E-state index in [9.17, 15) is 19.5 Å². The number of phenols is 1. The van der Waals surface area contributed by atoms with Crippen LogP contribution >= 0.6 is 0 Å². The van der Waals surface area contributed by atoms with Gasteiger partial charge in [0.25, 0.3) is 0 Å². The van der Waals surface area contributed by atoms with Crippen molar-refractivity contribution in [2.45, 2.75) is 118 Å². The predicted octanol–water partition coefficient (Wildman–Crippen LogP) is 5.30. The molecule has 0 saturated carbocycles. The Morgan fingerprint density at radius 2 is 1.61 bits per heavy atom. The summed E-state index contributed by atoms with van der Waals surface area (Å²) < 4.78 is 5.43. The molecule has 0 fully saturated rings. The predicted molar refractivity (Wildman–Crippen MR) is 143 cm³/mol.